The molecule has 5 rings (SSSR count). The largest absolute Gasteiger partial charge is 0.478 e. The van der Waals surface area contributed by atoms with E-state index < -0.39 is 15.7 Å². The molecule has 13 heteroatoms. The number of oxime groups is 1. The van der Waals surface area contributed by atoms with Gasteiger partial charge in [0, 0.05) is 18.2 Å². The van der Waals surface area contributed by atoms with E-state index in [0.29, 0.717) is 46.4 Å². The number of amides is 1. The summed E-state index contributed by atoms with van der Waals surface area (Å²) in [4.78, 5) is 31.1. The fourth-order valence-electron chi connectivity index (χ4n) is 4.37. The van der Waals surface area contributed by atoms with Gasteiger partial charge in [0.25, 0.3) is 5.91 Å². The Hall–Kier alpha value is -2.80. The van der Waals surface area contributed by atoms with Crippen molar-refractivity contribution in [2.45, 2.75) is 61.2 Å². The Kier molecular flexibility index (Phi) is 9.99. The van der Waals surface area contributed by atoms with E-state index >= 15 is 0 Å². The summed E-state index contributed by atoms with van der Waals surface area (Å²) in [6.07, 6.45) is 6.14. The van der Waals surface area contributed by atoms with E-state index in [1.165, 1.54) is 23.5 Å². The number of fused-ring (bicyclic) bond motifs is 1. The second-order valence-corrected chi connectivity index (χ2v) is 13.4. The zero-order valence-corrected chi connectivity index (χ0v) is 25.0. The first-order valence-electron chi connectivity index (χ1n) is 13.2. The molecule has 1 amide bonds. The highest BCUT2D eigenvalue weighted by molar-refractivity contribution is 7.92. The quantitative estimate of drug-likeness (QED) is 0.179. The molecular formula is C27H34ClN5O5S2. The van der Waals surface area contributed by atoms with Crippen molar-refractivity contribution in [1.29, 1.82) is 0 Å². The summed E-state index contributed by atoms with van der Waals surface area (Å²) >= 11 is 1.24. The molecule has 10 nitrogen and oxygen atoms in total. The predicted molar refractivity (Wildman–Crippen MR) is 158 cm³/mol. The average molecular weight is 608 g/mol. The van der Waals surface area contributed by atoms with Gasteiger partial charge in [-0.2, -0.15) is 0 Å². The lowest BCUT2D eigenvalue weighted by Gasteiger charge is -2.11. The second kappa shape index (κ2) is 13.2. The molecule has 0 atom stereocenters. The third-order valence-corrected chi connectivity index (χ3v) is 9.84. The van der Waals surface area contributed by atoms with E-state index in [4.69, 9.17) is 9.57 Å². The smallest absolute Gasteiger partial charge is 0.280 e. The van der Waals surface area contributed by atoms with Crippen molar-refractivity contribution in [2.24, 2.45) is 5.16 Å². The number of pyridine rings is 1. The zero-order chi connectivity index (χ0) is 27.4. The van der Waals surface area contributed by atoms with Crippen LogP contribution < -0.4 is 10.1 Å². The van der Waals surface area contributed by atoms with Gasteiger partial charge < -0.3 is 14.5 Å². The predicted octanol–water partition coefficient (Wildman–Crippen LogP) is 4.68. The summed E-state index contributed by atoms with van der Waals surface area (Å²) in [5, 5.41) is 7.11. The van der Waals surface area contributed by atoms with Crippen LogP contribution in [-0.4, -0.2) is 73.5 Å². The summed E-state index contributed by atoms with van der Waals surface area (Å²) in [7, 11) is 0.702. The Morgan fingerprint density at radius 2 is 1.80 bits per heavy atom. The first-order chi connectivity index (χ1) is 18.8. The third-order valence-electron chi connectivity index (χ3n) is 6.68. The molecule has 0 aliphatic heterocycles. The van der Waals surface area contributed by atoms with E-state index in [0.717, 1.165) is 38.6 Å². The number of rotatable bonds is 12. The van der Waals surface area contributed by atoms with E-state index in [9.17, 15) is 13.2 Å². The lowest BCUT2D eigenvalue weighted by molar-refractivity contribution is -0.110. The maximum absolute atomic E-state index is 13.4. The fraction of sp³-hybridized carbons (Fsp3) is 0.481. The van der Waals surface area contributed by atoms with Crippen LogP contribution in [0.4, 0.5) is 5.13 Å². The minimum Gasteiger partial charge on any atom is -0.478 e. The molecule has 3 aromatic rings. The number of benzene rings is 1. The molecule has 0 bridgehead atoms. The number of hydrogen-bond acceptors (Lipinski definition) is 10. The van der Waals surface area contributed by atoms with Crippen molar-refractivity contribution in [2.75, 3.05) is 32.6 Å². The summed E-state index contributed by atoms with van der Waals surface area (Å²) < 4.78 is 31.0. The minimum atomic E-state index is -3.33. The van der Waals surface area contributed by atoms with Crippen LogP contribution >= 0.6 is 23.7 Å². The lowest BCUT2D eigenvalue weighted by Crippen LogP contribution is -2.25. The third kappa shape index (κ3) is 7.48. The molecule has 1 N–H and O–H groups in total. The summed E-state index contributed by atoms with van der Waals surface area (Å²) in [6.45, 7) is 1.48. The van der Waals surface area contributed by atoms with Gasteiger partial charge in [0.2, 0.25) is 5.88 Å². The molecule has 2 aliphatic rings. The van der Waals surface area contributed by atoms with Crippen LogP contribution in [0.15, 0.2) is 46.4 Å². The number of nitrogens with one attached hydrogen (secondary N) is 1. The summed E-state index contributed by atoms with van der Waals surface area (Å²) in [5.41, 5.74) is 1.17. The Morgan fingerprint density at radius 1 is 1.07 bits per heavy atom. The standard InChI is InChI=1S/C27H33N5O5S2.ClH/c1-32(2)16-5-17-36-23-15-14-22-26(29-23)38-27(28-22)30-25(33)24(31-37-19-6-3-4-7-19)18-8-10-20(11-9-18)39(34,35)21-12-13-21;/h8-11,14-15,19,21H,3-7,12-13,16-17H2,1-2H3,(H,28,30,33);1H/b31-24+;. The van der Waals surface area contributed by atoms with E-state index in [-0.39, 0.29) is 34.4 Å². The van der Waals surface area contributed by atoms with Crippen molar-refractivity contribution >= 4 is 60.7 Å². The van der Waals surface area contributed by atoms with Crippen LogP contribution in [0, 0.1) is 0 Å². The molecule has 2 heterocycles. The Labute approximate surface area is 244 Å². The van der Waals surface area contributed by atoms with Crippen molar-refractivity contribution in [3.05, 3.63) is 42.0 Å². The molecular weight excluding hydrogens is 574 g/mol. The lowest BCUT2D eigenvalue weighted by atomic mass is 10.1. The molecule has 1 aromatic carbocycles. The highest BCUT2D eigenvalue weighted by Gasteiger charge is 2.36. The van der Waals surface area contributed by atoms with Crippen molar-refractivity contribution in [3.63, 3.8) is 0 Å². The number of halogens is 1. The van der Waals surface area contributed by atoms with Crippen LogP contribution in [0.3, 0.4) is 0 Å². The first kappa shape index (κ1) is 30.2. The Balaban J connectivity index is 0.00000370. The summed E-state index contributed by atoms with van der Waals surface area (Å²) in [6, 6.07) is 9.85. The molecule has 40 heavy (non-hydrogen) atoms. The van der Waals surface area contributed by atoms with Gasteiger partial charge in [-0.25, -0.2) is 18.4 Å². The fourth-order valence-corrected chi connectivity index (χ4v) is 6.85. The van der Waals surface area contributed by atoms with Crippen LogP contribution in [-0.2, 0) is 19.5 Å². The van der Waals surface area contributed by atoms with Crippen LogP contribution in [0.5, 0.6) is 5.88 Å². The molecule has 2 saturated carbocycles. The van der Waals surface area contributed by atoms with Gasteiger partial charge in [-0.05, 0) is 77.2 Å². The zero-order valence-electron chi connectivity index (χ0n) is 22.5. The maximum Gasteiger partial charge on any atom is 0.280 e. The highest BCUT2D eigenvalue weighted by Crippen LogP contribution is 2.33. The van der Waals surface area contributed by atoms with E-state index in [1.807, 2.05) is 20.2 Å². The molecule has 0 unspecified atom stereocenters. The Morgan fingerprint density at radius 3 is 2.48 bits per heavy atom. The number of carbonyl (C=O) groups is 1. The number of aromatic nitrogens is 2. The van der Waals surface area contributed by atoms with Gasteiger partial charge in [0.15, 0.2) is 20.7 Å². The number of carbonyl (C=O) groups excluding carboxylic acids is 1. The second-order valence-electron chi connectivity index (χ2n) is 10.2. The molecule has 0 radical (unpaired) electrons. The molecule has 2 aromatic heterocycles. The number of thiazole rings is 1. The summed E-state index contributed by atoms with van der Waals surface area (Å²) in [5.74, 6) is 0.0150. The van der Waals surface area contributed by atoms with Gasteiger partial charge >= 0.3 is 0 Å². The number of ether oxygens (including phenoxy) is 1. The van der Waals surface area contributed by atoms with Gasteiger partial charge in [-0.15, -0.1) is 12.4 Å². The van der Waals surface area contributed by atoms with Gasteiger partial charge in [0.1, 0.15) is 16.5 Å². The molecule has 2 fully saturated rings. The van der Waals surface area contributed by atoms with Crippen LogP contribution in [0.25, 0.3) is 10.3 Å². The minimum absolute atomic E-state index is 0. The van der Waals surface area contributed by atoms with E-state index in [2.05, 4.69) is 25.3 Å². The molecule has 0 spiro atoms. The van der Waals surface area contributed by atoms with E-state index in [1.54, 1.807) is 18.2 Å². The number of sulfone groups is 1. The monoisotopic (exact) mass is 607 g/mol. The molecule has 0 saturated heterocycles. The van der Waals surface area contributed by atoms with Crippen molar-refractivity contribution in [3.8, 4) is 5.88 Å². The van der Waals surface area contributed by atoms with Gasteiger partial charge in [-0.3, -0.25) is 10.1 Å². The maximum atomic E-state index is 13.4. The molecule has 216 valence electrons. The van der Waals surface area contributed by atoms with Gasteiger partial charge in [0.05, 0.1) is 16.8 Å². The first-order valence-corrected chi connectivity index (χ1v) is 15.6. The van der Waals surface area contributed by atoms with Crippen LogP contribution in [0.1, 0.15) is 50.5 Å². The number of anilines is 1. The highest BCUT2D eigenvalue weighted by atomic mass is 35.5. The Bertz CT molecular complexity index is 1450. The normalized spacial score (nSPS) is 16.2. The molecule has 2 aliphatic carbocycles. The number of nitrogens with zero attached hydrogens (tertiary/aromatic N) is 4. The van der Waals surface area contributed by atoms with Crippen molar-refractivity contribution < 1.29 is 22.8 Å². The average Bonchev–Trinajstić information content (AvgIpc) is 3.52. The van der Waals surface area contributed by atoms with Gasteiger partial charge in [-0.1, -0.05) is 28.6 Å². The van der Waals surface area contributed by atoms with Crippen LogP contribution in [0.2, 0.25) is 0 Å². The SMILES string of the molecule is CN(C)CCCOc1ccc2nc(NC(=O)/C(=N/OC3CCCC3)c3ccc(S(=O)(=O)C4CC4)cc3)sc2n1.Cl. The number of hydrogen-bond donors (Lipinski definition) is 1. The van der Waals surface area contributed by atoms with Crippen molar-refractivity contribution in [1.82, 2.24) is 14.9 Å². The topological polar surface area (TPSA) is 123 Å².